The van der Waals surface area contributed by atoms with Crippen LogP contribution in [0, 0.1) is 5.82 Å². The van der Waals surface area contributed by atoms with Crippen molar-refractivity contribution in [3.05, 3.63) is 102 Å². The van der Waals surface area contributed by atoms with E-state index < -0.39 is 11.8 Å². The normalized spacial score (nSPS) is 14.5. The summed E-state index contributed by atoms with van der Waals surface area (Å²) < 4.78 is 25.9. The fourth-order valence-electron chi connectivity index (χ4n) is 2.90. The zero-order valence-electron chi connectivity index (χ0n) is 16.0. The van der Waals surface area contributed by atoms with E-state index in [1.54, 1.807) is 36.4 Å². The third kappa shape index (κ3) is 5.23. The van der Waals surface area contributed by atoms with Crippen LogP contribution in [-0.4, -0.2) is 11.9 Å². The lowest BCUT2D eigenvalue weighted by Gasteiger charge is -2.12. The van der Waals surface area contributed by atoms with Gasteiger partial charge in [0.05, 0.1) is 19.0 Å². The Kier molecular flexibility index (Phi) is 7.00. The minimum Gasteiger partial charge on any atom is -0.487 e. The molecular weight excluding hydrogens is 588 g/mol. The number of carbonyl (C=O) groups is 1. The van der Waals surface area contributed by atoms with Crippen molar-refractivity contribution in [1.82, 2.24) is 0 Å². The van der Waals surface area contributed by atoms with Crippen molar-refractivity contribution < 1.29 is 18.7 Å². The van der Waals surface area contributed by atoms with Crippen LogP contribution in [0.3, 0.4) is 0 Å². The molecule has 9 heteroatoms. The van der Waals surface area contributed by atoms with Crippen molar-refractivity contribution in [2.24, 2.45) is 4.99 Å². The van der Waals surface area contributed by atoms with Gasteiger partial charge in [0, 0.05) is 5.56 Å². The molecule has 0 saturated carbocycles. The second kappa shape index (κ2) is 9.75. The number of rotatable bonds is 5. The number of esters is 1. The molecule has 0 spiro atoms. The average Bonchev–Trinajstić information content (AvgIpc) is 3.10. The molecule has 0 aromatic heterocycles. The van der Waals surface area contributed by atoms with E-state index in [9.17, 15) is 9.18 Å². The van der Waals surface area contributed by atoms with Crippen LogP contribution in [0.15, 0.2) is 74.2 Å². The van der Waals surface area contributed by atoms with E-state index in [1.165, 1.54) is 18.2 Å². The van der Waals surface area contributed by atoms with Gasteiger partial charge in [0.2, 0.25) is 5.90 Å². The summed E-state index contributed by atoms with van der Waals surface area (Å²) in [5, 5.41) is 0.929. The third-order valence-corrected chi connectivity index (χ3v) is 6.30. The summed E-state index contributed by atoms with van der Waals surface area (Å²) in [5.74, 6) is -0.420. The molecule has 0 amide bonds. The average molecular weight is 600 g/mol. The van der Waals surface area contributed by atoms with Gasteiger partial charge in [-0.3, -0.25) is 0 Å². The molecule has 0 saturated heterocycles. The molecule has 3 aromatic rings. The molecule has 0 radical (unpaired) electrons. The largest absolute Gasteiger partial charge is 0.487 e. The maximum absolute atomic E-state index is 13.5. The number of ether oxygens (including phenoxy) is 2. The Morgan fingerprint density at radius 3 is 2.47 bits per heavy atom. The number of hydrogen-bond acceptors (Lipinski definition) is 4. The molecule has 4 nitrogen and oxygen atoms in total. The quantitative estimate of drug-likeness (QED) is 0.224. The molecule has 1 aliphatic rings. The Labute approximate surface area is 209 Å². The van der Waals surface area contributed by atoms with Crippen molar-refractivity contribution >= 4 is 73.0 Å². The molecule has 0 aliphatic carbocycles. The Balaban J connectivity index is 1.55. The summed E-state index contributed by atoms with van der Waals surface area (Å²) in [6.45, 7) is 0.280. The number of nitrogens with zero attached hydrogens (tertiary/aromatic N) is 1. The zero-order valence-corrected chi connectivity index (χ0v) is 20.7. The summed E-state index contributed by atoms with van der Waals surface area (Å²) in [7, 11) is 0. The molecule has 3 aromatic carbocycles. The first kappa shape index (κ1) is 23.0. The van der Waals surface area contributed by atoms with Gasteiger partial charge < -0.3 is 9.47 Å². The van der Waals surface area contributed by atoms with E-state index in [1.807, 2.05) is 6.07 Å². The van der Waals surface area contributed by atoms with Crippen molar-refractivity contribution in [2.45, 2.75) is 6.61 Å². The van der Waals surface area contributed by atoms with E-state index >= 15 is 0 Å². The molecule has 0 fully saturated rings. The van der Waals surface area contributed by atoms with Crippen molar-refractivity contribution in [3.63, 3.8) is 0 Å². The maximum atomic E-state index is 13.5. The number of halogens is 5. The molecule has 0 atom stereocenters. The van der Waals surface area contributed by atoms with Gasteiger partial charge in [0.25, 0.3) is 0 Å². The molecule has 32 heavy (non-hydrogen) atoms. The van der Waals surface area contributed by atoms with Crippen LogP contribution >= 0.6 is 55.1 Å². The molecule has 4 rings (SSSR count). The van der Waals surface area contributed by atoms with Crippen LogP contribution in [0.4, 0.5) is 4.39 Å². The molecule has 1 heterocycles. The van der Waals surface area contributed by atoms with Crippen LogP contribution < -0.4 is 4.74 Å². The smallest absolute Gasteiger partial charge is 0.363 e. The van der Waals surface area contributed by atoms with E-state index in [0.29, 0.717) is 35.9 Å². The summed E-state index contributed by atoms with van der Waals surface area (Å²) >= 11 is 19.0. The van der Waals surface area contributed by atoms with E-state index in [0.717, 1.165) is 5.56 Å². The van der Waals surface area contributed by atoms with Crippen LogP contribution in [0.2, 0.25) is 10.0 Å². The van der Waals surface area contributed by atoms with Crippen molar-refractivity contribution in [1.29, 1.82) is 0 Å². The highest BCUT2D eigenvalue weighted by atomic mass is 79.9. The molecule has 0 bridgehead atoms. The number of carbonyl (C=O) groups excluding carboxylic acids is 1. The second-order valence-electron chi connectivity index (χ2n) is 6.70. The second-order valence-corrected chi connectivity index (χ2v) is 9.22. The van der Waals surface area contributed by atoms with Gasteiger partial charge >= 0.3 is 5.97 Å². The molecular formula is C23H12Br2Cl2FNO3. The van der Waals surface area contributed by atoms with Crippen molar-refractivity contribution in [3.8, 4) is 5.75 Å². The number of aliphatic imine (C=N–C) groups is 1. The highest BCUT2D eigenvalue weighted by molar-refractivity contribution is 9.11. The van der Waals surface area contributed by atoms with Crippen LogP contribution in [0.5, 0.6) is 5.75 Å². The monoisotopic (exact) mass is 597 g/mol. The molecule has 0 unspecified atom stereocenters. The lowest BCUT2D eigenvalue weighted by molar-refractivity contribution is -0.129. The Morgan fingerprint density at radius 2 is 1.78 bits per heavy atom. The highest BCUT2D eigenvalue weighted by Gasteiger charge is 2.24. The van der Waals surface area contributed by atoms with Gasteiger partial charge in [-0.15, -0.1) is 0 Å². The SMILES string of the molecule is O=C1OC(c2cccc(F)c2)=N/C1=C\c1cc(Br)c(OCc2ccc(Cl)c(Cl)c2)c(Br)c1. The Morgan fingerprint density at radius 1 is 1.03 bits per heavy atom. The fraction of sp³-hybridized carbons (Fsp3) is 0.0435. The van der Waals surface area contributed by atoms with Gasteiger partial charge in [-0.1, -0.05) is 35.3 Å². The maximum Gasteiger partial charge on any atom is 0.363 e. The third-order valence-electron chi connectivity index (χ3n) is 4.38. The molecule has 0 N–H and O–H groups in total. The van der Waals surface area contributed by atoms with Gasteiger partial charge in [0.15, 0.2) is 5.70 Å². The first-order valence-electron chi connectivity index (χ1n) is 9.14. The summed E-state index contributed by atoms with van der Waals surface area (Å²) in [5.41, 5.74) is 2.03. The van der Waals surface area contributed by atoms with Gasteiger partial charge in [-0.2, -0.15) is 0 Å². The van der Waals surface area contributed by atoms with Crippen LogP contribution in [-0.2, 0) is 16.1 Å². The molecule has 1 aliphatic heterocycles. The Bertz CT molecular complexity index is 1270. The molecule has 162 valence electrons. The minimum absolute atomic E-state index is 0.0560. The summed E-state index contributed by atoms with van der Waals surface area (Å²) in [4.78, 5) is 16.4. The topological polar surface area (TPSA) is 47.9 Å². The predicted molar refractivity (Wildman–Crippen MR) is 130 cm³/mol. The zero-order chi connectivity index (χ0) is 22.8. The fourth-order valence-corrected chi connectivity index (χ4v) is 4.67. The lowest BCUT2D eigenvalue weighted by atomic mass is 10.2. The predicted octanol–water partition coefficient (Wildman–Crippen LogP) is 7.58. The van der Waals surface area contributed by atoms with Gasteiger partial charge in [-0.25, -0.2) is 14.2 Å². The van der Waals surface area contributed by atoms with Gasteiger partial charge in [-0.05, 0) is 91.5 Å². The standard InChI is InChI=1S/C23H12Br2Cl2FNO3/c24-16-6-13(7-17(25)21(16)31-11-12-4-5-18(26)19(27)8-12)9-20-23(30)32-22(29-20)14-2-1-3-15(28)10-14/h1-10H,11H2/b20-9-. The highest BCUT2D eigenvalue weighted by Crippen LogP contribution is 2.36. The van der Waals surface area contributed by atoms with E-state index in [-0.39, 0.29) is 18.2 Å². The first-order chi connectivity index (χ1) is 15.3. The van der Waals surface area contributed by atoms with Crippen molar-refractivity contribution in [2.75, 3.05) is 0 Å². The number of hydrogen-bond donors (Lipinski definition) is 0. The number of benzene rings is 3. The lowest BCUT2D eigenvalue weighted by Crippen LogP contribution is -2.05. The first-order valence-corrected chi connectivity index (χ1v) is 11.5. The van der Waals surface area contributed by atoms with Crippen LogP contribution in [0.1, 0.15) is 16.7 Å². The van der Waals surface area contributed by atoms with Crippen LogP contribution in [0.25, 0.3) is 6.08 Å². The van der Waals surface area contributed by atoms with Gasteiger partial charge in [0.1, 0.15) is 18.2 Å². The number of cyclic esters (lactones) is 1. The van der Waals surface area contributed by atoms with E-state index in [2.05, 4.69) is 36.9 Å². The minimum atomic E-state index is -0.614. The van der Waals surface area contributed by atoms with E-state index in [4.69, 9.17) is 32.7 Å². The Hall–Kier alpha value is -2.19. The summed E-state index contributed by atoms with van der Waals surface area (Å²) in [6.07, 6.45) is 1.58. The summed E-state index contributed by atoms with van der Waals surface area (Å²) in [6, 6.07) is 14.5.